The summed E-state index contributed by atoms with van der Waals surface area (Å²) in [5.74, 6) is 0. The minimum Gasteiger partial charge on any atom is -0.330 e. The Balaban J connectivity index is 0.000000280. The van der Waals surface area contributed by atoms with Gasteiger partial charge in [-0.25, -0.2) is 0 Å². The molecule has 0 unspecified atom stereocenters. The van der Waals surface area contributed by atoms with Crippen LogP contribution < -0.4 is 5.73 Å². The van der Waals surface area contributed by atoms with Crippen LogP contribution >= 0.6 is 0 Å². The summed E-state index contributed by atoms with van der Waals surface area (Å²) < 4.78 is 0. The van der Waals surface area contributed by atoms with E-state index in [9.17, 15) is 0 Å². The second-order valence-electron chi connectivity index (χ2n) is 6.56. The minimum absolute atomic E-state index is 0.844. The molecule has 0 radical (unpaired) electrons. The highest BCUT2D eigenvalue weighted by atomic mass is 14.5. The molecule has 5 rings (SSSR count). The molecule has 0 atom stereocenters. The molecule has 0 heterocycles. The van der Waals surface area contributed by atoms with Crippen molar-refractivity contribution < 1.29 is 0 Å². The van der Waals surface area contributed by atoms with Crippen molar-refractivity contribution in [3.63, 3.8) is 0 Å². The maximum Gasteiger partial charge on any atom is -0.00264 e. The quantitative estimate of drug-likeness (QED) is 0.291. The van der Waals surface area contributed by atoms with E-state index >= 15 is 0 Å². The minimum atomic E-state index is 0.844. The van der Waals surface area contributed by atoms with Crippen LogP contribution in [0.2, 0.25) is 0 Å². The van der Waals surface area contributed by atoms with Gasteiger partial charge in [0.2, 0.25) is 0 Å². The van der Waals surface area contributed by atoms with Crippen molar-refractivity contribution in [3.8, 4) is 0 Å². The highest BCUT2D eigenvalue weighted by Gasteiger charge is 2.11. The third-order valence-electron chi connectivity index (χ3n) is 4.95. The lowest BCUT2D eigenvalue weighted by molar-refractivity contribution is 0.807. The van der Waals surface area contributed by atoms with Crippen LogP contribution in [0.3, 0.4) is 0 Å². The van der Waals surface area contributed by atoms with Crippen molar-refractivity contribution >= 4 is 43.1 Å². The molecule has 0 saturated carbocycles. The van der Waals surface area contributed by atoms with E-state index in [2.05, 4.69) is 79.7 Å². The summed E-state index contributed by atoms with van der Waals surface area (Å²) in [6.45, 7) is 2.98. The first-order valence-corrected chi connectivity index (χ1v) is 9.09. The normalized spacial score (nSPS) is 11.3. The fourth-order valence-electron chi connectivity index (χ4n) is 3.78. The van der Waals surface area contributed by atoms with E-state index in [1.165, 1.54) is 55.9 Å². The molecule has 0 amide bonds. The van der Waals surface area contributed by atoms with Crippen molar-refractivity contribution in [2.24, 2.45) is 5.73 Å². The summed E-state index contributed by atoms with van der Waals surface area (Å²) in [7, 11) is 0. The van der Waals surface area contributed by atoms with Gasteiger partial charge in [0, 0.05) is 0 Å². The molecule has 124 valence electrons. The first kappa shape index (κ1) is 15.9. The van der Waals surface area contributed by atoms with E-state index in [0.29, 0.717) is 0 Å². The van der Waals surface area contributed by atoms with Gasteiger partial charge in [-0.3, -0.25) is 0 Å². The molecule has 0 aliphatic rings. The van der Waals surface area contributed by atoms with E-state index in [0.717, 1.165) is 6.54 Å². The van der Waals surface area contributed by atoms with Gasteiger partial charge >= 0.3 is 0 Å². The molecular weight excluding hydrogens is 302 g/mol. The summed E-state index contributed by atoms with van der Waals surface area (Å²) >= 11 is 0. The van der Waals surface area contributed by atoms with Crippen LogP contribution in [0.4, 0.5) is 0 Å². The predicted octanol–water partition coefficient (Wildman–Crippen LogP) is 6.48. The molecule has 0 bridgehead atoms. The second kappa shape index (κ2) is 6.70. The monoisotopic (exact) mass is 325 g/mol. The first-order valence-electron chi connectivity index (χ1n) is 9.09. The first-order chi connectivity index (χ1) is 12.3. The molecule has 25 heavy (non-hydrogen) atoms. The number of unbranched alkanes of at least 4 members (excludes halogenated alkanes) is 1. The Morgan fingerprint density at radius 1 is 0.600 bits per heavy atom. The Morgan fingerprint density at radius 2 is 0.960 bits per heavy atom. The van der Waals surface area contributed by atoms with Gasteiger partial charge in [0.05, 0.1) is 0 Å². The van der Waals surface area contributed by atoms with Crippen molar-refractivity contribution in [2.45, 2.75) is 19.8 Å². The van der Waals surface area contributed by atoms with Crippen molar-refractivity contribution in [1.82, 2.24) is 0 Å². The summed E-state index contributed by atoms with van der Waals surface area (Å²) in [4.78, 5) is 0. The standard InChI is InChI=1S/C20H12.C4H11N/c1-5-13-6-2-11-17-18-12-4-8-14-7-3-10-16(20(14)18)15(9-1)19(13)17;1-2-3-4-5/h1-12H;2-5H2,1H3. The number of nitrogens with two attached hydrogens (primary N) is 1. The van der Waals surface area contributed by atoms with Crippen LogP contribution in [-0.4, -0.2) is 6.54 Å². The molecule has 1 heteroatoms. The Kier molecular flexibility index (Phi) is 4.25. The fraction of sp³-hybridized carbons (Fsp3) is 0.167. The highest BCUT2D eigenvalue weighted by Crippen LogP contribution is 2.39. The van der Waals surface area contributed by atoms with Crippen LogP contribution in [0, 0.1) is 0 Å². The molecule has 0 saturated heterocycles. The van der Waals surface area contributed by atoms with Crippen LogP contribution in [0.25, 0.3) is 43.1 Å². The Morgan fingerprint density at radius 3 is 1.20 bits per heavy atom. The van der Waals surface area contributed by atoms with Gasteiger partial charge in [0.25, 0.3) is 0 Å². The second-order valence-corrected chi connectivity index (χ2v) is 6.56. The molecular formula is C24H23N. The van der Waals surface area contributed by atoms with Gasteiger partial charge < -0.3 is 5.73 Å². The molecule has 5 aromatic rings. The van der Waals surface area contributed by atoms with Crippen molar-refractivity contribution in [3.05, 3.63) is 72.8 Å². The molecule has 0 aliphatic carbocycles. The topological polar surface area (TPSA) is 26.0 Å². The van der Waals surface area contributed by atoms with Gasteiger partial charge in [0.1, 0.15) is 0 Å². The summed E-state index contributed by atoms with van der Waals surface area (Å²) in [5, 5.41) is 10.9. The smallest absolute Gasteiger partial charge is 0.00264 e. The Labute approximate surface area is 148 Å². The van der Waals surface area contributed by atoms with E-state index in [1.807, 2.05) is 0 Å². The van der Waals surface area contributed by atoms with Gasteiger partial charge in [0.15, 0.2) is 0 Å². The molecule has 5 aromatic carbocycles. The third-order valence-corrected chi connectivity index (χ3v) is 4.95. The number of hydrogen-bond donors (Lipinski definition) is 1. The summed E-state index contributed by atoms with van der Waals surface area (Å²) in [5.41, 5.74) is 5.14. The average molecular weight is 325 g/mol. The van der Waals surface area contributed by atoms with E-state index < -0.39 is 0 Å². The van der Waals surface area contributed by atoms with Gasteiger partial charge in [-0.2, -0.15) is 0 Å². The van der Waals surface area contributed by atoms with Gasteiger partial charge in [-0.15, -0.1) is 0 Å². The largest absolute Gasteiger partial charge is 0.330 e. The number of benzene rings is 5. The number of rotatable bonds is 2. The molecule has 0 aromatic heterocycles. The lowest BCUT2D eigenvalue weighted by atomic mass is 9.90. The lowest BCUT2D eigenvalue weighted by Gasteiger charge is -2.13. The van der Waals surface area contributed by atoms with Gasteiger partial charge in [-0.1, -0.05) is 86.1 Å². The zero-order valence-electron chi connectivity index (χ0n) is 14.6. The van der Waals surface area contributed by atoms with Crippen LogP contribution in [0.5, 0.6) is 0 Å². The maximum absolute atomic E-state index is 5.14. The average Bonchev–Trinajstić information content (AvgIpc) is 2.67. The molecule has 0 aliphatic heterocycles. The van der Waals surface area contributed by atoms with Crippen LogP contribution in [0.1, 0.15) is 19.8 Å². The molecule has 1 nitrogen and oxygen atoms in total. The van der Waals surface area contributed by atoms with Crippen molar-refractivity contribution in [1.29, 1.82) is 0 Å². The van der Waals surface area contributed by atoms with Gasteiger partial charge in [-0.05, 0) is 56.1 Å². The maximum atomic E-state index is 5.14. The zero-order valence-corrected chi connectivity index (χ0v) is 14.6. The Hall–Kier alpha value is -2.64. The highest BCUT2D eigenvalue weighted by molar-refractivity contribution is 6.32. The molecule has 2 N–H and O–H groups in total. The van der Waals surface area contributed by atoms with E-state index in [-0.39, 0.29) is 0 Å². The van der Waals surface area contributed by atoms with Crippen LogP contribution in [-0.2, 0) is 0 Å². The Bertz CT molecular complexity index is 969. The summed E-state index contributed by atoms with van der Waals surface area (Å²) in [6.07, 6.45) is 2.39. The fourth-order valence-corrected chi connectivity index (χ4v) is 3.78. The number of fused-ring (bicyclic) bond motifs is 2. The zero-order chi connectivity index (χ0) is 17.2. The molecule has 0 spiro atoms. The summed E-state index contributed by atoms with van der Waals surface area (Å²) in [6, 6.07) is 26.4. The SMILES string of the molecule is CCCCN.c1cc2cccc3c4cccc5cccc(c(c1)c23)c54. The number of hydrogen-bond acceptors (Lipinski definition) is 1. The van der Waals surface area contributed by atoms with E-state index in [4.69, 9.17) is 5.73 Å². The lowest BCUT2D eigenvalue weighted by Crippen LogP contribution is -1.95. The molecule has 0 fully saturated rings. The third kappa shape index (κ3) is 2.61. The van der Waals surface area contributed by atoms with Crippen LogP contribution in [0.15, 0.2) is 72.8 Å². The predicted molar refractivity (Wildman–Crippen MR) is 112 cm³/mol. The van der Waals surface area contributed by atoms with Crippen molar-refractivity contribution in [2.75, 3.05) is 6.54 Å². The van der Waals surface area contributed by atoms with E-state index in [1.54, 1.807) is 0 Å².